The van der Waals surface area contributed by atoms with Gasteiger partial charge in [-0.25, -0.2) is 8.42 Å². The van der Waals surface area contributed by atoms with Crippen LogP contribution in [0.5, 0.6) is 0 Å². The normalized spacial score (nSPS) is 13.2. The van der Waals surface area contributed by atoms with Crippen LogP contribution >= 0.6 is 0 Å². The predicted molar refractivity (Wildman–Crippen MR) is 146 cm³/mol. The number of amides is 2. The summed E-state index contributed by atoms with van der Waals surface area (Å²) in [6.07, 6.45) is 2.28. The Morgan fingerprint density at radius 1 is 0.972 bits per heavy atom. The molecule has 0 aliphatic heterocycles. The summed E-state index contributed by atoms with van der Waals surface area (Å²) in [6.45, 7) is 11.5. The molecule has 2 aromatic carbocycles. The monoisotopic (exact) mass is 515 g/mol. The van der Waals surface area contributed by atoms with Gasteiger partial charge in [-0.05, 0) is 49.8 Å². The molecule has 2 amide bonds. The van der Waals surface area contributed by atoms with Crippen LogP contribution < -0.4 is 9.62 Å². The number of para-hydroxylation sites is 1. The van der Waals surface area contributed by atoms with Crippen molar-refractivity contribution in [2.24, 2.45) is 0 Å². The van der Waals surface area contributed by atoms with Crippen molar-refractivity contribution >= 4 is 27.5 Å². The molecule has 0 radical (unpaired) electrons. The summed E-state index contributed by atoms with van der Waals surface area (Å²) in [5, 5.41) is 2.99. The van der Waals surface area contributed by atoms with E-state index >= 15 is 0 Å². The Labute approximate surface area is 216 Å². The van der Waals surface area contributed by atoms with Gasteiger partial charge in [-0.3, -0.25) is 13.9 Å². The van der Waals surface area contributed by atoms with E-state index in [4.69, 9.17) is 0 Å². The molecule has 0 aromatic heterocycles. The molecular formula is C28H41N3O4S. The Morgan fingerprint density at radius 2 is 1.64 bits per heavy atom. The first kappa shape index (κ1) is 29.4. The highest BCUT2D eigenvalue weighted by Crippen LogP contribution is 2.29. The quantitative estimate of drug-likeness (QED) is 0.447. The van der Waals surface area contributed by atoms with Crippen molar-refractivity contribution in [3.63, 3.8) is 0 Å². The van der Waals surface area contributed by atoms with Crippen LogP contribution in [0.4, 0.5) is 5.69 Å². The van der Waals surface area contributed by atoms with Crippen molar-refractivity contribution in [2.75, 3.05) is 17.1 Å². The van der Waals surface area contributed by atoms with E-state index in [1.807, 2.05) is 77.9 Å². The van der Waals surface area contributed by atoms with Crippen molar-refractivity contribution in [3.05, 3.63) is 65.2 Å². The fourth-order valence-electron chi connectivity index (χ4n) is 4.17. The average molecular weight is 516 g/mol. The molecule has 1 N–H and O–H groups in total. The van der Waals surface area contributed by atoms with Crippen molar-refractivity contribution in [1.29, 1.82) is 0 Å². The van der Waals surface area contributed by atoms with Gasteiger partial charge in [0.2, 0.25) is 21.8 Å². The number of sulfonamides is 1. The zero-order chi connectivity index (χ0) is 27.0. The zero-order valence-corrected chi connectivity index (χ0v) is 23.4. The van der Waals surface area contributed by atoms with Crippen molar-refractivity contribution in [1.82, 2.24) is 10.2 Å². The second-order valence-electron chi connectivity index (χ2n) is 9.74. The molecule has 0 saturated heterocycles. The lowest BCUT2D eigenvalue weighted by Crippen LogP contribution is -2.53. The number of nitrogens with one attached hydrogen (secondary N) is 1. The lowest BCUT2D eigenvalue weighted by Gasteiger charge is -2.34. The number of anilines is 1. The molecule has 7 nitrogen and oxygen atoms in total. The molecule has 2 atom stereocenters. The van der Waals surface area contributed by atoms with E-state index in [1.54, 1.807) is 12.1 Å². The molecule has 36 heavy (non-hydrogen) atoms. The van der Waals surface area contributed by atoms with E-state index in [0.29, 0.717) is 12.1 Å². The highest BCUT2D eigenvalue weighted by Gasteiger charge is 2.32. The number of aryl methyl sites for hydroxylation is 1. The first-order valence-electron chi connectivity index (χ1n) is 12.6. The van der Waals surface area contributed by atoms with Gasteiger partial charge in [-0.1, -0.05) is 75.7 Å². The summed E-state index contributed by atoms with van der Waals surface area (Å²) in [5.74, 6) is -0.596. The van der Waals surface area contributed by atoms with Gasteiger partial charge in [-0.2, -0.15) is 0 Å². The molecule has 0 aliphatic carbocycles. The minimum atomic E-state index is -3.77. The van der Waals surface area contributed by atoms with Crippen LogP contribution in [0, 0.1) is 6.92 Å². The van der Waals surface area contributed by atoms with Crippen LogP contribution in [-0.4, -0.2) is 50.0 Å². The maximum Gasteiger partial charge on any atom is 0.244 e. The topological polar surface area (TPSA) is 86.8 Å². The molecule has 0 spiro atoms. The summed E-state index contributed by atoms with van der Waals surface area (Å²) in [7, 11) is -3.77. The van der Waals surface area contributed by atoms with E-state index in [0.717, 1.165) is 33.7 Å². The summed E-state index contributed by atoms with van der Waals surface area (Å²) >= 11 is 0. The zero-order valence-electron chi connectivity index (χ0n) is 22.6. The van der Waals surface area contributed by atoms with E-state index in [1.165, 1.54) is 4.90 Å². The van der Waals surface area contributed by atoms with Crippen molar-refractivity contribution in [3.8, 4) is 0 Å². The fourth-order valence-corrected chi connectivity index (χ4v) is 5.03. The van der Waals surface area contributed by atoms with E-state index < -0.39 is 22.0 Å². The average Bonchev–Trinajstić information content (AvgIpc) is 2.81. The third-order valence-corrected chi connectivity index (χ3v) is 7.46. The highest BCUT2D eigenvalue weighted by atomic mass is 32.2. The SMILES string of the molecule is CC[C@H](C)NC(=O)[C@H](CC)N(Cc1cccc(C)c1)C(=O)CN(c1ccccc1C(C)C)S(C)(=O)=O. The second-order valence-corrected chi connectivity index (χ2v) is 11.6. The van der Waals surface area contributed by atoms with Crippen LogP contribution in [0.25, 0.3) is 0 Å². The number of hydrogen-bond donors (Lipinski definition) is 1. The Balaban J connectivity index is 2.51. The lowest BCUT2D eigenvalue weighted by molar-refractivity contribution is -0.140. The number of rotatable bonds is 12. The first-order chi connectivity index (χ1) is 16.9. The Bertz CT molecular complexity index is 1150. The third kappa shape index (κ3) is 7.82. The summed E-state index contributed by atoms with van der Waals surface area (Å²) < 4.78 is 27.0. The van der Waals surface area contributed by atoms with Gasteiger partial charge in [0.15, 0.2) is 0 Å². The minimum absolute atomic E-state index is 0.0343. The third-order valence-electron chi connectivity index (χ3n) is 6.33. The van der Waals surface area contributed by atoms with Gasteiger partial charge >= 0.3 is 0 Å². The number of carbonyl (C=O) groups is 2. The van der Waals surface area contributed by atoms with Gasteiger partial charge in [0.25, 0.3) is 0 Å². The Morgan fingerprint density at radius 3 is 2.19 bits per heavy atom. The molecule has 2 aromatic rings. The fraction of sp³-hybridized carbons (Fsp3) is 0.500. The maximum absolute atomic E-state index is 13.8. The molecule has 2 rings (SSSR count). The maximum atomic E-state index is 13.8. The van der Waals surface area contributed by atoms with Crippen LogP contribution in [0.2, 0.25) is 0 Å². The molecule has 0 heterocycles. The predicted octanol–water partition coefficient (Wildman–Crippen LogP) is 4.61. The highest BCUT2D eigenvalue weighted by molar-refractivity contribution is 7.92. The van der Waals surface area contributed by atoms with Crippen LogP contribution in [0.3, 0.4) is 0 Å². The molecule has 8 heteroatoms. The van der Waals surface area contributed by atoms with Gasteiger partial charge in [0.1, 0.15) is 12.6 Å². The van der Waals surface area contributed by atoms with Crippen LogP contribution in [0.15, 0.2) is 48.5 Å². The molecule has 0 saturated carbocycles. The Hall–Kier alpha value is -2.87. The molecule has 0 aliphatic rings. The lowest BCUT2D eigenvalue weighted by atomic mass is 10.0. The minimum Gasteiger partial charge on any atom is -0.352 e. The second kappa shape index (κ2) is 12.9. The molecule has 198 valence electrons. The Kier molecular flexibility index (Phi) is 10.5. The first-order valence-corrected chi connectivity index (χ1v) is 14.5. The van der Waals surface area contributed by atoms with Crippen LogP contribution in [0.1, 0.15) is 70.1 Å². The van der Waals surface area contributed by atoms with Gasteiger partial charge in [0.05, 0.1) is 11.9 Å². The van der Waals surface area contributed by atoms with Crippen LogP contribution in [-0.2, 0) is 26.2 Å². The number of benzene rings is 2. The van der Waals surface area contributed by atoms with E-state index in [2.05, 4.69) is 5.32 Å². The molecule has 0 unspecified atom stereocenters. The number of nitrogens with zero attached hydrogens (tertiary/aromatic N) is 2. The standard InChI is InChI=1S/C28H41N3O4S/c1-8-22(6)29-28(33)25(9-2)30(18-23-14-12-13-21(5)17-23)27(32)19-31(36(7,34)35)26-16-11-10-15-24(26)20(3)4/h10-17,20,22,25H,8-9,18-19H2,1-7H3,(H,29,33)/t22-,25-/m0/s1. The number of hydrogen-bond acceptors (Lipinski definition) is 4. The molecule has 0 fully saturated rings. The van der Waals surface area contributed by atoms with Crippen molar-refractivity contribution < 1.29 is 18.0 Å². The van der Waals surface area contributed by atoms with E-state index in [9.17, 15) is 18.0 Å². The van der Waals surface area contributed by atoms with Gasteiger partial charge in [-0.15, -0.1) is 0 Å². The van der Waals surface area contributed by atoms with E-state index in [-0.39, 0.29) is 31.0 Å². The number of carbonyl (C=O) groups excluding carboxylic acids is 2. The molecular weight excluding hydrogens is 474 g/mol. The summed E-state index contributed by atoms with van der Waals surface area (Å²) in [4.78, 5) is 28.6. The molecule has 0 bridgehead atoms. The smallest absolute Gasteiger partial charge is 0.244 e. The summed E-state index contributed by atoms with van der Waals surface area (Å²) in [5.41, 5.74) is 3.24. The van der Waals surface area contributed by atoms with Gasteiger partial charge < -0.3 is 10.2 Å². The van der Waals surface area contributed by atoms with Gasteiger partial charge in [0, 0.05) is 12.6 Å². The largest absolute Gasteiger partial charge is 0.352 e. The summed E-state index contributed by atoms with van der Waals surface area (Å²) in [6, 6.07) is 14.2. The van der Waals surface area contributed by atoms with Crippen molar-refractivity contribution in [2.45, 2.75) is 78.9 Å².